The van der Waals surface area contributed by atoms with Crippen molar-refractivity contribution in [1.29, 1.82) is 0 Å². The fourth-order valence-corrected chi connectivity index (χ4v) is 3.00. The third-order valence-electron chi connectivity index (χ3n) is 4.70. The molecular formula is C21H20FN3O5. The molecule has 1 fully saturated rings. The lowest BCUT2D eigenvalue weighted by atomic mass is 9.92. The smallest absolute Gasteiger partial charge is 0.327 e. The number of nitrogens with zero attached hydrogens (tertiary/aromatic N) is 1. The summed E-state index contributed by atoms with van der Waals surface area (Å²) in [6, 6.07) is 13.0. The largest absolute Gasteiger partial charge is 0.451 e. The average molecular weight is 413 g/mol. The molecule has 2 atom stereocenters. The van der Waals surface area contributed by atoms with Gasteiger partial charge in [0.15, 0.2) is 6.10 Å². The van der Waals surface area contributed by atoms with Crippen LogP contribution in [0.3, 0.4) is 0 Å². The van der Waals surface area contributed by atoms with Crippen molar-refractivity contribution in [3.8, 4) is 0 Å². The van der Waals surface area contributed by atoms with Crippen LogP contribution in [0.2, 0.25) is 0 Å². The van der Waals surface area contributed by atoms with Gasteiger partial charge in [0, 0.05) is 5.69 Å². The number of imide groups is 1. The second-order valence-corrected chi connectivity index (χ2v) is 6.94. The van der Waals surface area contributed by atoms with Gasteiger partial charge in [0.05, 0.1) is 0 Å². The molecule has 0 unspecified atom stereocenters. The van der Waals surface area contributed by atoms with Crippen LogP contribution in [0.15, 0.2) is 54.6 Å². The number of anilines is 1. The van der Waals surface area contributed by atoms with Crippen molar-refractivity contribution in [2.24, 2.45) is 0 Å². The van der Waals surface area contributed by atoms with E-state index in [1.54, 1.807) is 37.3 Å². The molecule has 156 valence electrons. The first-order valence-electron chi connectivity index (χ1n) is 9.16. The fourth-order valence-electron chi connectivity index (χ4n) is 3.00. The maximum Gasteiger partial charge on any atom is 0.327 e. The molecule has 1 aliphatic rings. The Kier molecular flexibility index (Phi) is 5.81. The molecule has 4 amide bonds. The Labute approximate surface area is 172 Å². The zero-order valence-electron chi connectivity index (χ0n) is 16.3. The number of hydrogen-bond acceptors (Lipinski definition) is 5. The highest BCUT2D eigenvalue weighted by molar-refractivity contribution is 6.09. The zero-order chi connectivity index (χ0) is 21.9. The molecular weight excluding hydrogens is 393 g/mol. The van der Waals surface area contributed by atoms with Crippen LogP contribution in [0.1, 0.15) is 19.4 Å². The number of carbonyl (C=O) groups is 4. The quantitative estimate of drug-likeness (QED) is 0.558. The second-order valence-electron chi connectivity index (χ2n) is 6.94. The summed E-state index contributed by atoms with van der Waals surface area (Å²) in [5.74, 6) is -2.61. The Hall–Kier alpha value is -3.75. The molecule has 0 bridgehead atoms. The molecule has 0 spiro atoms. The second kappa shape index (κ2) is 8.32. The number of carbonyl (C=O) groups excluding carboxylic acids is 4. The standard InChI is InChI=1S/C21H20FN3O5/c1-13(18(27)23-16-10-8-15(22)9-11-16)30-17(26)12-25-19(28)21(2,24-20(25)29)14-6-4-3-5-7-14/h3-11,13H,12H2,1-2H3,(H,23,27)(H,24,29)/t13-,21-/m0/s1. The number of rotatable bonds is 6. The van der Waals surface area contributed by atoms with Gasteiger partial charge in [-0.3, -0.25) is 19.3 Å². The Bertz CT molecular complexity index is 980. The fraction of sp³-hybridized carbons (Fsp3) is 0.238. The predicted octanol–water partition coefficient (Wildman–Crippen LogP) is 2.16. The van der Waals surface area contributed by atoms with E-state index in [9.17, 15) is 23.6 Å². The summed E-state index contributed by atoms with van der Waals surface area (Å²) in [5.41, 5.74) is -0.396. The molecule has 8 nitrogen and oxygen atoms in total. The number of benzene rings is 2. The Morgan fingerprint density at radius 1 is 1.13 bits per heavy atom. The highest BCUT2D eigenvalue weighted by Crippen LogP contribution is 2.28. The molecule has 0 aromatic heterocycles. The molecule has 1 aliphatic heterocycles. The third-order valence-corrected chi connectivity index (χ3v) is 4.70. The summed E-state index contributed by atoms with van der Waals surface area (Å²) >= 11 is 0. The van der Waals surface area contributed by atoms with E-state index in [2.05, 4.69) is 10.6 Å². The third kappa shape index (κ3) is 4.29. The van der Waals surface area contributed by atoms with Crippen molar-refractivity contribution in [2.45, 2.75) is 25.5 Å². The minimum absolute atomic E-state index is 0.331. The van der Waals surface area contributed by atoms with Crippen molar-refractivity contribution in [1.82, 2.24) is 10.2 Å². The lowest BCUT2D eigenvalue weighted by molar-refractivity contribution is -0.155. The van der Waals surface area contributed by atoms with Crippen LogP contribution in [-0.2, 0) is 24.7 Å². The van der Waals surface area contributed by atoms with Crippen LogP contribution >= 0.6 is 0 Å². The first-order chi connectivity index (χ1) is 14.2. The van der Waals surface area contributed by atoms with Gasteiger partial charge >= 0.3 is 12.0 Å². The molecule has 9 heteroatoms. The van der Waals surface area contributed by atoms with Gasteiger partial charge < -0.3 is 15.4 Å². The van der Waals surface area contributed by atoms with Gasteiger partial charge in [0.2, 0.25) is 0 Å². The van der Waals surface area contributed by atoms with E-state index in [1.807, 2.05) is 0 Å². The van der Waals surface area contributed by atoms with Crippen LogP contribution in [0, 0.1) is 5.82 Å². The normalized spacial score (nSPS) is 19.2. The van der Waals surface area contributed by atoms with Gasteiger partial charge in [-0.1, -0.05) is 30.3 Å². The van der Waals surface area contributed by atoms with Gasteiger partial charge in [0.25, 0.3) is 11.8 Å². The maximum absolute atomic E-state index is 12.9. The number of urea groups is 1. The Morgan fingerprint density at radius 2 is 1.77 bits per heavy atom. The van der Waals surface area contributed by atoms with Crippen molar-refractivity contribution in [3.63, 3.8) is 0 Å². The van der Waals surface area contributed by atoms with E-state index >= 15 is 0 Å². The van der Waals surface area contributed by atoms with Crippen LogP contribution < -0.4 is 10.6 Å². The Morgan fingerprint density at radius 3 is 2.40 bits per heavy atom. The Balaban J connectivity index is 1.60. The first-order valence-corrected chi connectivity index (χ1v) is 9.16. The summed E-state index contributed by atoms with van der Waals surface area (Å²) in [6.07, 6.45) is -1.19. The number of ether oxygens (including phenoxy) is 1. The molecule has 0 radical (unpaired) electrons. The summed E-state index contributed by atoms with van der Waals surface area (Å²) < 4.78 is 18.0. The van der Waals surface area contributed by atoms with Crippen molar-refractivity contribution >= 4 is 29.5 Å². The monoisotopic (exact) mass is 413 g/mol. The van der Waals surface area contributed by atoms with Crippen LogP contribution in [0.25, 0.3) is 0 Å². The molecule has 30 heavy (non-hydrogen) atoms. The lowest BCUT2D eigenvalue weighted by Gasteiger charge is -2.22. The molecule has 2 aromatic carbocycles. The maximum atomic E-state index is 12.9. The van der Waals surface area contributed by atoms with E-state index in [1.165, 1.54) is 31.2 Å². The van der Waals surface area contributed by atoms with Crippen molar-refractivity contribution < 1.29 is 28.3 Å². The van der Waals surface area contributed by atoms with E-state index in [4.69, 9.17) is 4.74 Å². The minimum Gasteiger partial charge on any atom is -0.451 e. The zero-order valence-corrected chi connectivity index (χ0v) is 16.3. The predicted molar refractivity (Wildman–Crippen MR) is 105 cm³/mol. The van der Waals surface area contributed by atoms with E-state index in [-0.39, 0.29) is 0 Å². The van der Waals surface area contributed by atoms with Crippen molar-refractivity contribution in [3.05, 3.63) is 66.0 Å². The van der Waals surface area contributed by atoms with Crippen LogP contribution in [-0.4, -0.2) is 41.4 Å². The average Bonchev–Trinajstić information content (AvgIpc) is 2.94. The number of amides is 4. The number of hydrogen-bond donors (Lipinski definition) is 2. The van der Waals surface area contributed by atoms with Gasteiger partial charge in [-0.25, -0.2) is 9.18 Å². The highest BCUT2D eigenvalue weighted by atomic mass is 19.1. The van der Waals surface area contributed by atoms with Crippen LogP contribution in [0.4, 0.5) is 14.9 Å². The molecule has 1 saturated heterocycles. The van der Waals surface area contributed by atoms with E-state index in [0.717, 1.165) is 4.90 Å². The van der Waals surface area contributed by atoms with E-state index in [0.29, 0.717) is 11.3 Å². The van der Waals surface area contributed by atoms with Gasteiger partial charge in [0.1, 0.15) is 17.9 Å². The van der Waals surface area contributed by atoms with Gasteiger partial charge in [-0.05, 0) is 43.7 Å². The molecule has 1 heterocycles. The summed E-state index contributed by atoms with van der Waals surface area (Å²) in [5, 5.41) is 5.06. The summed E-state index contributed by atoms with van der Waals surface area (Å²) in [4.78, 5) is 50.2. The summed E-state index contributed by atoms with van der Waals surface area (Å²) in [7, 11) is 0. The van der Waals surface area contributed by atoms with E-state index < -0.39 is 47.8 Å². The van der Waals surface area contributed by atoms with Crippen LogP contribution in [0.5, 0.6) is 0 Å². The lowest BCUT2D eigenvalue weighted by Crippen LogP contribution is -2.42. The van der Waals surface area contributed by atoms with Gasteiger partial charge in [-0.2, -0.15) is 0 Å². The molecule has 2 N–H and O–H groups in total. The topological polar surface area (TPSA) is 105 Å². The van der Waals surface area contributed by atoms with Gasteiger partial charge in [-0.15, -0.1) is 0 Å². The number of nitrogens with one attached hydrogen (secondary N) is 2. The number of esters is 1. The SMILES string of the molecule is C[C@H](OC(=O)CN1C(=O)N[C@@](C)(c2ccccc2)C1=O)C(=O)Nc1ccc(F)cc1. The minimum atomic E-state index is -1.30. The highest BCUT2D eigenvalue weighted by Gasteiger charge is 2.49. The molecule has 0 aliphatic carbocycles. The van der Waals surface area contributed by atoms with Crippen molar-refractivity contribution in [2.75, 3.05) is 11.9 Å². The summed E-state index contributed by atoms with van der Waals surface area (Å²) in [6.45, 7) is 2.25. The molecule has 0 saturated carbocycles. The number of halogens is 1. The first kappa shape index (κ1) is 21.0. The molecule has 2 aromatic rings. The molecule has 3 rings (SSSR count).